The van der Waals surface area contributed by atoms with Gasteiger partial charge in [0.2, 0.25) is 5.78 Å². The van der Waals surface area contributed by atoms with Crippen molar-refractivity contribution in [2.24, 2.45) is 0 Å². The zero-order chi connectivity index (χ0) is 12.4. The number of benzene rings is 1. The van der Waals surface area contributed by atoms with E-state index in [2.05, 4.69) is 5.32 Å². The van der Waals surface area contributed by atoms with E-state index in [1.165, 1.54) is 36.4 Å². The standard InChI is InChI=1S/C13H10FNO2/c1-8-6-13(17)11(7-12(8)16)15-10-4-2-9(14)3-5-10/h2-7,15H,1H3. The average molecular weight is 231 g/mol. The number of halogens is 1. The smallest absolute Gasteiger partial charge is 0.202 e. The van der Waals surface area contributed by atoms with Crippen molar-refractivity contribution in [2.75, 3.05) is 5.32 Å². The van der Waals surface area contributed by atoms with Crippen LogP contribution in [0.2, 0.25) is 0 Å². The fraction of sp³-hybridized carbons (Fsp3) is 0.0769. The van der Waals surface area contributed by atoms with Crippen molar-refractivity contribution in [3.05, 3.63) is 53.5 Å². The zero-order valence-corrected chi connectivity index (χ0v) is 9.16. The molecule has 0 saturated carbocycles. The molecule has 0 heterocycles. The van der Waals surface area contributed by atoms with Crippen molar-refractivity contribution >= 4 is 17.3 Å². The van der Waals surface area contributed by atoms with Crippen LogP contribution in [-0.4, -0.2) is 11.6 Å². The third kappa shape index (κ3) is 2.47. The summed E-state index contributed by atoms with van der Waals surface area (Å²) in [4.78, 5) is 23.0. The van der Waals surface area contributed by atoms with E-state index >= 15 is 0 Å². The molecule has 1 aromatic rings. The second kappa shape index (κ2) is 4.33. The minimum atomic E-state index is -0.355. The molecule has 0 aliphatic heterocycles. The lowest BCUT2D eigenvalue weighted by atomic mass is 10.0. The van der Waals surface area contributed by atoms with E-state index < -0.39 is 0 Å². The second-order valence-electron chi connectivity index (χ2n) is 3.75. The van der Waals surface area contributed by atoms with Crippen LogP contribution in [-0.2, 0) is 9.59 Å². The number of carbonyl (C=O) groups excluding carboxylic acids is 2. The highest BCUT2D eigenvalue weighted by molar-refractivity contribution is 6.20. The predicted octanol–water partition coefficient (Wildman–Crippen LogP) is 2.22. The Morgan fingerprint density at radius 3 is 2.29 bits per heavy atom. The summed E-state index contributed by atoms with van der Waals surface area (Å²) in [7, 11) is 0. The Morgan fingerprint density at radius 1 is 1.00 bits per heavy atom. The maximum absolute atomic E-state index is 12.7. The van der Waals surface area contributed by atoms with Crippen LogP contribution in [0, 0.1) is 5.82 Å². The molecule has 0 radical (unpaired) electrons. The molecule has 0 spiro atoms. The third-order valence-corrected chi connectivity index (χ3v) is 2.40. The van der Waals surface area contributed by atoms with E-state index in [9.17, 15) is 14.0 Å². The average Bonchev–Trinajstić information content (AvgIpc) is 2.29. The lowest BCUT2D eigenvalue weighted by molar-refractivity contribution is -0.115. The molecule has 86 valence electrons. The molecule has 0 bridgehead atoms. The van der Waals surface area contributed by atoms with Gasteiger partial charge in [-0.3, -0.25) is 9.59 Å². The van der Waals surface area contributed by atoms with Crippen molar-refractivity contribution in [3.63, 3.8) is 0 Å². The molecule has 1 aromatic carbocycles. The molecule has 0 saturated heterocycles. The Balaban J connectivity index is 2.20. The van der Waals surface area contributed by atoms with E-state index in [-0.39, 0.29) is 23.1 Å². The Labute approximate surface area is 97.6 Å². The molecule has 4 heteroatoms. The Hall–Kier alpha value is -2.23. The second-order valence-corrected chi connectivity index (χ2v) is 3.75. The van der Waals surface area contributed by atoms with Gasteiger partial charge in [-0.25, -0.2) is 4.39 Å². The highest BCUT2D eigenvalue weighted by Crippen LogP contribution is 2.16. The molecule has 1 aliphatic carbocycles. The number of ketones is 2. The number of carbonyl (C=O) groups is 2. The first kappa shape index (κ1) is 11.3. The van der Waals surface area contributed by atoms with Crippen molar-refractivity contribution in [2.45, 2.75) is 6.92 Å². The third-order valence-electron chi connectivity index (χ3n) is 2.40. The predicted molar refractivity (Wildman–Crippen MR) is 61.9 cm³/mol. The van der Waals surface area contributed by atoms with Crippen LogP contribution in [0.25, 0.3) is 0 Å². The molecule has 0 amide bonds. The van der Waals surface area contributed by atoms with E-state index in [4.69, 9.17) is 0 Å². The number of nitrogens with one attached hydrogen (secondary N) is 1. The topological polar surface area (TPSA) is 46.2 Å². The maximum Gasteiger partial charge on any atom is 0.202 e. The fourth-order valence-corrected chi connectivity index (χ4v) is 1.45. The van der Waals surface area contributed by atoms with Gasteiger partial charge in [0, 0.05) is 17.3 Å². The van der Waals surface area contributed by atoms with Crippen LogP contribution < -0.4 is 5.32 Å². The highest BCUT2D eigenvalue weighted by Gasteiger charge is 2.17. The molecular weight excluding hydrogens is 221 g/mol. The van der Waals surface area contributed by atoms with Gasteiger partial charge in [-0.15, -0.1) is 0 Å². The molecular formula is C13H10FNO2. The summed E-state index contributed by atoms with van der Waals surface area (Å²) >= 11 is 0. The highest BCUT2D eigenvalue weighted by atomic mass is 19.1. The van der Waals surface area contributed by atoms with Crippen molar-refractivity contribution in [3.8, 4) is 0 Å². The van der Waals surface area contributed by atoms with E-state index in [1.807, 2.05) is 0 Å². The van der Waals surface area contributed by atoms with Gasteiger partial charge in [0.25, 0.3) is 0 Å². The zero-order valence-electron chi connectivity index (χ0n) is 9.16. The Kier molecular flexibility index (Phi) is 2.87. The first-order valence-corrected chi connectivity index (χ1v) is 5.07. The fourth-order valence-electron chi connectivity index (χ4n) is 1.45. The normalized spacial score (nSPS) is 15.4. The summed E-state index contributed by atoms with van der Waals surface area (Å²) in [6.07, 6.45) is 2.54. The van der Waals surface area contributed by atoms with E-state index in [1.54, 1.807) is 6.92 Å². The molecule has 1 N–H and O–H groups in total. The lowest BCUT2D eigenvalue weighted by Gasteiger charge is -2.12. The van der Waals surface area contributed by atoms with Crippen LogP contribution in [0.3, 0.4) is 0 Å². The van der Waals surface area contributed by atoms with Gasteiger partial charge in [0.15, 0.2) is 5.78 Å². The van der Waals surface area contributed by atoms with Gasteiger partial charge in [0.05, 0.1) is 5.70 Å². The van der Waals surface area contributed by atoms with Gasteiger partial charge in [-0.1, -0.05) is 0 Å². The van der Waals surface area contributed by atoms with Crippen LogP contribution in [0.1, 0.15) is 6.92 Å². The monoisotopic (exact) mass is 231 g/mol. The summed E-state index contributed by atoms with van der Waals surface area (Å²) in [6, 6.07) is 5.55. The van der Waals surface area contributed by atoms with Crippen LogP contribution in [0.4, 0.5) is 10.1 Å². The SMILES string of the molecule is CC1=CC(=O)C(Nc2ccc(F)cc2)=CC1=O. The van der Waals surface area contributed by atoms with Crippen molar-refractivity contribution in [1.82, 2.24) is 0 Å². The summed E-state index contributed by atoms with van der Waals surface area (Å²) in [5, 5.41) is 2.79. The van der Waals surface area contributed by atoms with Crippen molar-refractivity contribution in [1.29, 1.82) is 0 Å². The molecule has 2 rings (SSSR count). The van der Waals surface area contributed by atoms with Gasteiger partial charge in [0.1, 0.15) is 5.82 Å². The van der Waals surface area contributed by atoms with Crippen LogP contribution in [0.5, 0.6) is 0 Å². The quantitative estimate of drug-likeness (QED) is 0.794. The van der Waals surface area contributed by atoms with Gasteiger partial charge in [-0.05, 0) is 37.3 Å². The maximum atomic E-state index is 12.7. The molecule has 0 unspecified atom stereocenters. The minimum absolute atomic E-state index is 0.200. The number of anilines is 1. The largest absolute Gasteiger partial charge is 0.352 e. The molecule has 17 heavy (non-hydrogen) atoms. The van der Waals surface area contributed by atoms with Crippen LogP contribution >= 0.6 is 0 Å². The van der Waals surface area contributed by atoms with Crippen LogP contribution in [0.15, 0.2) is 47.7 Å². The molecule has 0 aromatic heterocycles. The molecule has 0 atom stereocenters. The summed E-state index contributed by atoms with van der Waals surface area (Å²) in [5.41, 5.74) is 1.18. The molecule has 0 fully saturated rings. The van der Waals surface area contributed by atoms with Gasteiger partial charge >= 0.3 is 0 Å². The number of hydrogen-bond acceptors (Lipinski definition) is 3. The van der Waals surface area contributed by atoms with Gasteiger partial charge < -0.3 is 5.32 Å². The molecule has 1 aliphatic rings. The minimum Gasteiger partial charge on any atom is -0.352 e. The first-order chi connectivity index (χ1) is 8.06. The summed E-state index contributed by atoms with van der Waals surface area (Å²) in [5.74, 6) is -0.813. The number of hydrogen-bond donors (Lipinski definition) is 1. The summed E-state index contributed by atoms with van der Waals surface area (Å²) < 4.78 is 12.7. The van der Waals surface area contributed by atoms with Gasteiger partial charge in [-0.2, -0.15) is 0 Å². The Morgan fingerprint density at radius 2 is 1.65 bits per heavy atom. The number of rotatable bonds is 2. The summed E-state index contributed by atoms with van der Waals surface area (Å²) in [6.45, 7) is 1.59. The van der Waals surface area contributed by atoms with Crippen molar-refractivity contribution < 1.29 is 14.0 Å². The lowest BCUT2D eigenvalue weighted by Crippen LogP contribution is -2.17. The first-order valence-electron chi connectivity index (χ1n) is 5.07. The Bertz CT molecular complexity index is 541. The van der Waals surface area contributed by atoms with E-state index in [0.29, 0.717) is 11.3 Å². The van der Waals surface area contributed by atoms with E-state index in [0.717, 1.165) is 0 Å². The molecule has 3 nitrogen and oxygen atoms in total. The number of allylic oxidation sites excluding steroid dienone is 3.